The first kappa shape index (κ1) is 104. The Bertz CT molecular complexity index is 7080. The van der Waals surface area contributed by atoms with Gasteiger partial charge in [-0.1, -0.05) is 224 Å². The highest BCUT2D eigenvalue weighted by Crippen LogP contribution is 2.50. The number of aromatic nitrogens is 5. The summed E-state index contributed by atoms with van der Waals surface area (Å²) in [6.45, 7) is 53.3. The fourth-order valence-corrected chi connectivity index (χ4v) is 24.9. The number of hydrogen-bond acceptors (Lipinski definition) is 0. The Hall–Kier alpha value is -10.8. The van der Waals surface area contributed by atoms with Crippen LogP contribution in [0.2, 0.25) is 0 Å². The topological polar surface area (TPSA) is 19.4 Å². The van der Waals surface area contributed by atoms with E-state index in [4.69, 9.17) is 0 Å². The van der Waals surface area contributed by atoms with Gasteiger partial charge in [0.05, 0.1) is 38.1 Å². The lowest BCUT2D eigenvalue weighted by Crippen LogP contribution is -2.31. The van der Waals surface area contributed by atoms with E-state index in [0.29, 0.717) is 33.0 Å². The Balaban J connectivity index is 0.000000128. The lowest BCUT2D eigenvalue weighted by atomic mass is 9.71. The second kappa shape index (κ2) is 43.3. The lowest BCUT2D eigenvalue weighted by molar-refractivity contribution is -0.659. The van der Waals surface area contributed by atoms with Gasteiger partial charge in [0.2, 0.25) is 28.5 Å². The van der Waals surface area contributed by atoms with E-state index in [2.05, 4.69) is 448 Å². The van der Waals surface area contributed by atoms with Crippen LogP contribution in [0.15, 0.2) is 231 Å². The molecule has 5 heteroatoms. The molecule has 5 fully saturated rings. The van der Waals surface area contributed by atoms with Crippen LogP contribution < -0.4 is 22.8 Å². The number of nitrogens with zero attached hydrogens (tertiary/aromatic N) is 5. The number of fused-ring (bicyclic) bond motifs is 5. The molecule has 0 aliphatic heterocycles. The third-order valence-electron chi connectivity index (χ3n) is 35.3. The average Bonchev–Trinajstić information content (AvgIpc) is 0.770. The standard InChI is InChI=1S/C29H38N.C28H36N.2C27H34N.C26H32N/c1-7-21-17-22(8-2)20(3)27(18-21)28-26-10-9-24(19-25(26)13-16-30(28)6)23-11-14-29(4,5)15-12-23;1-19(2)22-8-7-20(3)26(18-22)27-25-10-9-23(17-24(25)13-16-29(27)6)21-11-14-28(4,5)15-12-21;1-18-15-19(2)20(3)25(16-18)26-24-8-7-22(17-23(24)11-14-28(26)6)21-9-12-27(4,5)13-10-21;1-6-20-8-7-19(2)25(17-20)26-24-10-9-22(18-23(24)13-16-28(26)5)21-11-14-27(3,4)15-12-21;1-18-6-7-19(2)24(16-18)25-23-9-8-21(17-22(23)12-15-27(25)5)20-10-13-26(3,4)14-11-20/h9-10,13,16-19,23H,7-8,11-12,14-15H2,1-6H3;7-10,13,16-19,21H,11-12,14-15H2,1-6H3;7-8,11,14-17,21H,9-10,12-13H2,1-6H3;7-10,13,16-18,21H,6,11-12,14-15H2,1-5H3;6-9,12,15-17,20H,10-11,13-14H2,1-5H3/q5*+1. The third kappa shape index (κ3) is 23.6. The Labute approximate surface area is 857 Å². The van der Waals surface area contributed by atoms with Gasteiger partial charge in [0.1, 0.15) is 35.2 Å². The molecule has 15 aromatic rings. The van der Waals surface area contributed by atoms with E-state index in [9.17, 15) is 0 Å². The Morgan fingerprint density at radius 3 is 0.817 bits per heavy atom. The Kier molecular flexibility index (Phi) is 31.7. The highest BCUT2D eigenvalue weighted by Gasteiger charge is 2.36. The molecule has 5 aliphatic carbocycles. The van der Waals surface area contributed by atoms with Crippen molar-refractivity contribution in [3.8, 4) is 56.3 Å². The maximum Gasteiger partial charge on any atom is 0.220 e. The molecule has 0 amide bonds. The monoisotopic (exact) mass is 1890 g/mol. The predicted octanol–water partition coefficient (Wildman–Crippen LogP) is 35.4. The molecule has 0 atom stereocenters. The van der Waals surface area contributed by atoms with Crippen molar-refractivity contribution in [3.05, 3.63) is 326 Å². The molecule has 5 aliphatic rings. The van der Waals surface area contributed by atoms with Crippen LogP contribution in [0.3, 0.4) is 0 Å². The lowest BCUT2D eigenvalue weighted by Gasteiger charge is -2.34. The van der Waals surface area contributed by atoms with Gasteiger partial charge in [-0.3, -0.25) is 0 Å². The zero-order chi connectivity index (χ0) is 101. The molecule has 5 aromatic heterocycles. The first-order valence-corrected chi connectivity index (χ1v) is 55.2. The minimum Gasteiger partial charge on any atom is -0.200 e. The molecular formula is C137H174N5+5. The van der Waals surface area contributed by atoms with Crippen LogP contribution in [0.25, 0.3) is 110 Å². The van der Waals surface area contributed by atoms with Gasteiger partial charge in [-0.2, -0.15) is 0 Å². The van der Waals surface area contributed by atoms with Crippen LogP contribution in [0.1, 0.15) is 362 Å². The molecule has 0 N–H and O–H groups in total. The van der Waals surface area contributed by atoms with Gasteiger partial charge >= 0.3 is 0 Å². The zero-order valence-electron chi connectivity index (χ0n) is 92.9. The minimum absolute atomic E-state index is 0.521. The van der Waals surface area contributed by atoms with Crippen molar-refractivity contribution in [1.29, 1.82) is 0 Å². The second-order valence-corrected chi connectivity index (χ2v) is 49.2. The highest BCUT2D eigenvalue weighted by molar-refractivity contribution is 5.99. The third-order valence-corrected chi connectivity index (χ3v) is 35.3. The number of benzene rings is 10. The van der Waals surface area contributed by atoms with Crippen LogP contribution in [-0.4, -0.2) is 0 Å². The molecule has 0 saturated heterocycles. The van der Waals surface area contributed by atoms with Crippen LogP contribution >= 0.6 is 0 Å². The van der Waals surface area contributed by atoms with E-state index in [1.54, 1.807) is 0 Å². The number of pyridine rings is 5. The number of rotatable bonds is 14. The van der Waals surface area contributed by atoms with Gasteiger partial charge in [0, 0.05) is 47.0 Å². The molecule has 5 heterocycles. The van der Waals surface area contributed by atoms with Crippen molar-refractivity contribution in [3.63, 3.8) is 0 Å². The van der Waals surface area contributed by atoms with Gasteiger partial charge < -0.3 is 0 Å². The number of hydrogen-bond donors (Lipinski definition) is 0. The normalized spacial score (nSPS) is 17.2. The molecule has 0 radical (unpaired) electrons. The summed E-state index contributed by atoms with van der Waals surface area (Å²) in [5, 5.41) is 13.7. The summed E-state index contributed by atoms with van der Waals surface area (Å²) < 4.78 is 11.4. The molecule has 20 rings (SSSR count). The van der Waals surface area contributed by atoms with Gasteiger partial charge in [0.25, 0.3) is 0 Å². The van der Waals surface area contributed by atoms with Gasteiger partial charge in [-0.05, 0) is 437 Å². The average molecular weight is 1890 g/mol. The quantitative estimate of drug-likeness (QED) is 0.0967. The molecule has 142 heavy (non-hydrogen) atoms. The largest absolute Gasteiger partial charge is 0.220 e. The molecular weight excluding hydrogens is 1720 g/mol. The molecule has 5 saturated carbocycles. The maximum absolute atomic E-state index is 2.47. The predicted molar refractivity (Wildman–Crippen MR) is 608 cm³/mol. The van der Waals surface area contributed by atoms with Gasteiger partial charge in [0.15, 0.2) is 31.0 Å². The Morgan fingerprint density at radius 1 is 0.246 bits per heavy atom. The highest BCUT2D eigenvalue weighted by atomic mass is 14.9. The van der Waals surface area contributed by atoms with Crippen LogP contribution in [0.4, 0.5) is 0 Å². The zero-order valence-corrected chi connectivity index (χ0v) is 92.9. The van der Waals surface area contributed by atoms with Crippen molar-refractivity contribution in [2.24, 2.45) is 62.3 Å². The smallest absolute Gasteiger partial charge is 0.200 e. The fourth-order valence-electron chi connectivity index (χ4n) is 24.9. The Morgan fingerprint density at radius 2 is 0.514 bits per heavy atom. The number of aryl methyl sites for hydroxylation is 14. The van der Waals surface area contributed by atoms with Crippen molar-refractivity contribution >= 4 is 53.9 Å². The fraction of sp³-hybridized carbons (Fsp3) is 0.453. The molecule has 742 valence electrons. The SMILES string of the molecule is CCc1cc(CC)c(C)c(-c2c3ccc(C4CCC(C)(C)CC4)cc3cc[n+]2C)c1.CCc1ccc(C)c(-c2c3ccc(C4CCC(C)(C)CC4)cc3cc[n+]2C)c1.Cc1cc(C)c(C)c(-c2c3ccc(C4CCC(C)(C)CC4)cc3cc[n+]2C)c1.Cc1ccc(C(C)C)cc1-c1c2ccc(C3CCC(C)(C)CC3)cc2cc[n+]1C.Cc1ccc(C)c(-c2c3ccc(C4CCC(C)(C)CC4)cc3cc[n+]2C)c1. The van der Waals surface area contributed by atoms with Crippen molar-refractivity contribution < 1.29 is 22.8 Å². The summed E-state index contributed by atoms with van der Waals surface area (Å²) >= 11 is 0. The summed E-state index contributed by atoms with van der Waals surface area (Å²) in [6.07, 6.45) is 41.0. The van der Waals surface area contributed by atoms with Crippen molar-refractivity contribution in [1.82, 2.24) is 0 Å². The first-order chi connectivity index (χ1) is 67.5. The molecule has 5 nitrogen and oxygen atoms in total. The molecule has 10 aromatic carbocycles. The summed E-state index contributed by atoms with van der Waals surface area (Å²) in [5.41, 5.74) is 40.3. The van der Waals surface area contributed by atoms with E-state index in [0.717, 1.165) is 48.9 Å². The van der Waals surface area contributed by atoms with Crippen LogP contribution in [0.5, 0.6) is 0 Å². The van der Waals surface area contributed by atoms with Gasteiger partial charge in [-0.15, -0.1) is 0 Å². The van der Waals surface area contributed by atoms with Crippen LogP contribution in [-0.2, 0) is 54.5 Å². The first-order valence-electron chi connectivity index (χ1n) is 55.2. The molecule has 0 unspecified atom stereocenters. The summed E-state index contributed by atoms with van der Waals surface area (Å²) in [5.74, 6) is 4.14. The minimum atomic E-state index is 0.521. The van der Waals surface area contributed by atoms with Gasteiger partial charge in [-0.25, -0.2) is 22.8 Å². The van der Waals surface area contributed by atoms with E-state index >= 15 is 0 Å². The van der Waals surface area contributed by atoms with Crippen molar-refractivity contribution in [2.45, 2.75) is 342 Å². The van der Waals surface area contributed by atoms with Crippen LogP contribution in [0, 0.1) is 82.5 Å². The maximum atomic E-state index is 2.47. The summed E-state index contributed by atoms with van der Waals surface area (Å²) in [7, 11) is 10.9. The second-order valence-electron chi connectivity index (χ2n) is 49.2. The van der Waals surface area contributed by atoms with E-state index in [-0.39, 0.29) is 0 Å². The van der Waals surface area contributed by atoms with E-state index in [1.165, 1.54) is 333 Å². The molecule has 0 bridgehead atoms. The van der Waals surface area contributed by atoms with E-state index < -0.39 is 0 Å². The van der Waals surface area contributed by atoms with Crippen molar-refractivity contribution in [2.75, 3.05) is 0 Å². The summed E-state index contributed by atoms with van der Waals surface area (Å²) in [6, 6.07) is 77.7. The van der Waals surface area contributed by atoms with E-state index in [1.807, 2.05) is 0 Å². The molecule has 0 spiro atoms. The summed E-state index contributed by atoms with van der Waals surface area (Å²) in [4.78, 5) is 0.